The van der Waals surface area contributed by atoms with Gasteiger partial charge in [-0.05, 0) is 24.3 Å². The van der Waals surface area contributed by atoms with Crippen molar-refractivity contribution in [3.05, 3.63) is 94.9 Å². The molecule has 1 aliphatic heterocycles. The summed E-state index contributed by atoms with van der Waals surface area (Å²) < 4.78 is 34.3. The Labute approximate surface area is 201 Å². The summed E-state index contributed by atoms with van der Waals surface area (Å²) in [6.07, 6.45) is 3.67. The van der Waals surface area contributed by atoms with Gasteiger partial charge < -0.3 is 15.0 Å². The molecule has 0 unspecified atom stereocenters. The van der Waals surface area contributed by atoms with E-state index in [0.29, 0.717) is 40.9 Å². The van der Waals surface area contributed by atoms with Gasteiger partial charge in [0.15, 0.2) is 0 Å². The Morgan fingerprint density at radius 3 is 2.63 bits per heavy atom. The Kier molecular flexibility index (Phi) is 6.03. The first-order valence-electron chi connectivity index (χ1n) is 11.3. The number of para-hydroxylation sites is 1. The van der Waals surface area contributed by atoms with Crippen LogP contribution in [0.1, 0.15) is 39.6 Å². The molecule has 1 atom stereocenters. The summed E-state index contributed by atoms with van der Waals surface area (Å²) in [5.41, 5.74) is 2.85. The molecule has 1 aliphatic rings. The summed E-state index contributed by atoms with van der Waals surface area (Å²) in [5, 5.41) is 3.80. The molecule has 0 fully saturated rings. The maximum atomic E-state index is 14.3. The van der Waals surface area contributed by atoms with Crippen LogP contribution in [0.15, 0.2) is 60.9 Å². The first kappa shape index (κ1) is 22.7. The number of hydrogen-bond donors (Lipinski definition) is 1. The van der Waals surface area contributed by atoms with Crippen molar-refractivity contribution in [2.45, 2.75) is 18.9 Å². The van der Waals surface area contributed by atoms with Crippen LogP contribution in [-0.2, 0) is 6.42 Å². The van der Waals surface area contributed by atoms with E-state index in [9.17, 15) is 13.6 Å². The van der Waals surface area contributed by atoms with Gasteiger partial charge in [-0.15, -0.1) is 0 Å². The van der Waals surface area contributed by atoms with E-state index in [2.05, 4.69) is 15.3 Å². The molecule has 2 aromatic carbocycles. The van der Waals surface area contributed by atoms with E-state index < -0.39 is 11.6 Å². The number of carbonyl (C=O) groups is 1. The summed E-state index contributed by atoms with van der Waals surface area (Å²) in [7, 11) is 3.68. The topological polar surface area (TPSA) is 67.4 Å². The second-order valence-electron chi connectivity index (χ2n) is 8.65. The monoisotopic (exact) mass is 474 g/mol. The van der Waals surface area contributed by atoms with Gasteiger partial charge in [-0.1, -0.05) is 24.3 Å². The van der Waals surface area contributed by atoms with Gasteiger partial charge in [-0.3, -0.25) is 14.8 Å². The maximum absolute atomic E-state index is 14.3. The van der Waals surface area contributed by atoms with Crippen molar-refractivity contribution < 1.29 is 18.3 Å². The molecule has 5 rings (SSSR count). The highest BCUT2D eigenvalue weighted by atomic mass is 19.1. The normalized spacial score (nSPS) is 14.8. The summed E-state index contributed by atoms with van der Waals surface area (Å²) in [6, 6.07) is 13.0. The lowest BCUT2D eigenvalue weighted by atomic mass is 9.99. The third-order valence-electron chi connectivity index (χ3n) is 6.19. The second-order valence-corrected chi connectivity index (χ2v) is 8.65. The number of benzene rings is 2. The zero-order chi connectivity index (χ0) is 24.5. The highest BCUT2D eigenvalue weighted by Crippen LogP contribution is 2.34. The van der Waals surface area contributed by atoms with Gasteiger partial charge >= 0.3 is 0 Å². The lowest BCUT2D eigenvalue weighted by Gasteiger charge is -2.27. The number of nitrogens with zero attached hydrogens (tertiary/aromatic N) is 3. The molecule has 6 nitrogen and oxygen atoms in total. The molecule has 0 spiro atoms. The Hall–Kier alpha value is -4.07. The van der Waals surface area contributed by atoms with Crippen LogP contribution in [0.2, 0.25) is 0 Å². The lowest BCUT2D eigenvalue weighted by molar-refractivity contribution is 0.0925. The first-order valence-corrected chi connectivity index (χ1v) is 11.3. The van der Waals surface area contributed by atoms with Crippen LogP contribution in [0.5, 0.6) is 5.75 Å². The Morgan fingerprint density at radius 1 is 1.09 bits per heavy atom. The zero-order valence-corrected chi connectivity index (χ0v) is 19.4. The number of anilines is 1. The number of rotatable bonds is 5. The average Bonchev–Trinajstić information content (AvgIpc) is 2.85. The first-order chi connectivity index (χ1) is 16.9. The fourth-order valence-electron chi connectivity index (χ4n) is 4.54. The summed E-state index contributed by atoms with van der Waals surface area (Å²) >= 11 is 0. The van der Waals surface area contributed by atoms with Crippen LogP contribution >= 0.6 is 0 Å². The van der Waals surface area contributed by atoms with Crippen molar-refractivity contribution >= 4 is 22.5 Å². The summed E-state index contributed by atoms with van der Waals surface area (Å²) in [5.74, 6) is -0.762. The molecule has 8 heteroatoms. The molecule has 0 bridgehead atoms. The van der Waals surface area contributed by atoms with Gasteiger partial charge in [-0.2, -0.15) is 0 Å². The number of ether oxygens (including phenoxy) is 1. The molecule has 1 N–H and O–H groups in total. The average molecular weight is 475 g/mol. The molecule has 2 aromatic heterocycles. The smallest absolute Gasteiger partial charge is 0.255 e. The Balaban J connectivity index is 1.53. The zero-order valence-electron chi connectivity index (χ0n) is 19.4. The third-order valence-corrected chi connectivity index (χ3v) is 6.19. The van der Waals surface area contributed by atoms with E-state index in [0.717, 1.165) is 11.3 Å². The van der Waals surface area contributed by atoms with Gasteiger partial charge in [0.05, 0.1) is 35.1 Å². The molecular formula is C27H24F2N4O2. The van der Waals surface area contributed by atoms with Crippen LogP contribution < -0.4 is 15.0 Å². The van der Waals surface area contributed by atoms with Crippen LogP contribution in [0.25, 0.3) is 10.9 Å². The standard InChI is InChI=1S/C27H24F2N4O2/c1-33(2)26-17-10-12-30-23(14-18-20(28)7-5-8-21(18)29)25(17)31-15-19(26)27(34)32-22-11-13-35-24-9-4-3-6-16(22)24/h3-10,12,15,22H,11,13-14H2,1-2H3,(H,32,34)/t22-/m0/s1. The maximum Gasteiger partial charge on any atom is 0.255 e. The molecule has 0 radical (unpaired) electrons. The predicted molar refractivity (Wildman–Crippen MR) is 130 cm³/mol. The summed E-state index contributed by atoms with van der Waals surface area (Å²) in [6.45, 7) is 0.514. The van der Waals surface area contributed by atoms with Crippen LogP contribution in [0, 0.1) is 11.6 Å². The van der Waals surface area contributed by atoms with Crippen molar-refractivity contribution in [2.75, 3.05) is 25.6 Å². The second kappa shape index (κ2) is 9.29. The molecular weight excluding hydrogens is 450 g/mol. The Morgan fingerprint density at radius 2 is 1.86 bits per heavy atom. The molecule has 0 aliphatic carbocycles. The minimum absolute atomic E-state index is 0.0554. The number of amides is 1. The van der Waals surface area contributed by atoms with Crippen molar-refractivity contribution in [3.63, 3.8) is 0 Å². The van der Waals surface area contributed by atoms with E-state index in [1.807, 2.05) is 43.3 Å². The number of pyridine rings is 2. The predicted octanol–water partition coefficient (Wildman–Crippen LogP) is 4.82. The van der Waals surface area contributed by atoms with Crippen molar-refractivity contribution in [3.8, 4) is 5.75 Å². The molecule has 0 saturated carbocycles. The molecule has 4 aromatic rings. The van der Waals surface area contributed by atoms with Gasteiger partial charge in [0.2, 0.25) is 0 Å². The van der Waals surface area contributed by atoms with Crippen molar-refractivity contribution in [2.24, 2.45) is 0 Å². The van der Waals surface area contributed by atoms with Crippen molar-refractivity contribution in [1.29, 1.82) is 0 Å². The van der Waals surface area contributed by atoms with Crippen LogP contribution in [0.4, 0.5) is 14.5 Å². The van der Waals surface area contributed by atoms with Crippen LogP contribution in [-0.4, -0.2) is 36.6 Å². The van der Waals surface area contributed by atoms with E-state index in [1.54, 1.807) is 12.3 Å². The minimum atomic E-state index is -0.635. The minimum Gasteiger partial charge on any atom is -0.493 e. The Bertz CT molecular complexity index is 1400. The van der Waals surface area contributed by atoms with Crippen LogP contribution in [0.3, 0.4) is 0 Å². The van der Waals surface area contributed by atoms with Gasteiger partial charge in [0, 0.05) is 55.8 Å². The quantitative estimate of drug-likeness (QED) is 0.449. The van der Waals surface area contributed by atoms with Crippen molar-refractivity contribution in [1.82, 2.24) is 15.3 Å². The largest absolute Gasteiger partial charge is 0.493 e. The molecule has 35 heavy (non-hydrogen) atoms. The van der Waals surface area contributed by atoms with E-state index >= 15 is 0 Å². The SMILES string of the molecule is CN(C)c1c(C(=O)N[C@H]2CCOc3ccccc32)cnc2c(Cc3c(F)cccc3F)nccc12. The fraction of sp³-hybridized carbons (Fsp3) is 0.222. The number of fused-ring (bicyclic) bond motifs is 2. The van der Waals surface area contributed by atoms with E-state index in [4.69, 9.17) is 4.74 Å². The van der Waals surface area contributed by atoms with Gasteiger partial charge in [0.25, 0.3) is 5.91 Å². The highest BCUT2D eigenvalue weighted by molar-refractivity contribution is 6.07. The van der Waals surface area contributed by atoms with E-state index in [1.165, 1.54) is 24.4 Å². The lowest BCUT2D eigenvalue weighted by Crippen LogP contribution is -2.33. The molecule has 0 saturated heterocycles. The summed E-state index contributed by atoms with van der Waals surface area (Å²) in [4.78, 5) is 24.1. The third kappa shape index (κ3) is 4.27. The number of aromatic nitrogens is 2. The van der Waals surface area contributed by atoms with Gasteiger partial charge in [-0.25, -0.2) is 8.78 Å². The molecule has 178 valence electrons. The number of nitrogens with one attached hydrogen (secondary N) is 1. The number of hydrogen-bond acceptors (Lipinski definition) is 5. The highest BCUT2D eigenvalue weighted by Gasteiger charge is 2.26. The van der Waals surface area contributed by atoms with E-state index in [-0.39, 0.29) is 23.9 Å². The fourth-order valence-corrected chi connectivity index (χ4v) is 4.54. The number of carbonyl (C=O) groups excluding carboxylic acids is 1. The molecule has 3 heterocycles. The number of halogens is 2. The van der Waals surface area contributed by atoms with Gasteiger partial charge in [0.1, 0.15) is 17.4 Å². The molecule has 1 amide bonds.